The third-order valence-corrected chi connectivity index (χ3v) is 2.58. The number of ether oxygens (including phenoxy) is 1. The number of hydrogen-bond acceptors (Lipinski definition) is 3. The fourth-order valence-electron chi connectivity index (χ4n) is 1.73. The quantitative estimate of drug-likeness (QED) is 0.664. The van der Waals surface area contributed by atoms with E-state index in [4.69, 9.17) is 4.74 Å². The molecule has 0 unspecified atom stereocenters. The molecule has 0 fully saturated rings. The Morgan fingerprint density at radius 1 is 1.28 bits per heavy atom. The van der Waals surface area contributed by atoms with Crippen LogP contribution in [0, 0.1) is 0 Å². The van der Waals surface area contributed by atoms with E-state index in [1.54, 1.807) is 19.1 Å². The number of aromatic hydroxyl groups is 1. The molecule has 18 heavy (non-hydrogen) atoms. The van der Waals surface area contributed by atoms with Gasteiger partial charge in [0.05, 0.1) is 6.61 Å². The Balaban J connectivity index is 2.33. The Morgan fingerprint density at radius 3 is 2.61 bits per heavy atom. The van der Waals surface area contributed by atoms with Gasteiger partial charge < -0.3 is 9.84 Å². The topological polar surface area (TPSA) is 46.5 Å². The summed E-state index contributed by atoms with van der Waals surface area (Å²) in [5.41, 5.74) is 0.599. The van der Waals surface area contributed by atoms with Crippen LogP contribution in [0.5, 0.6) is 5.75 Å². The molecule has 0 amide bonds. The highest BCUT2D eigenvalue weighted by Crippen LogP contribution is 2.25. The molecule has 0 aliphatic carbocycles. The summed E-state index contributed by atoms with van der Waals surface area (Å²) in [6.45, 7) is 2.09. The molecule has 2 aromatic rings. The Morgan fingerprint density at radius 2 is 1.94 bits per heavy atom. The van der Waals surface area contributed by atoms with E-state index in [1.165, 1.54) is 6.08 Å². The summed E-state index contributed by atoms with van der Waals surface area (Å²) in [5, 5.41) is 11.8. The lowest BCUT2D eigenvalue weighted by atomic mass is 10.1. The van der Waals surface area contributed by atoms with Crippen molar-refractivity contribution in [3.05, 3.63) is 48.0 Å². The molecule has 1 N–H and O–H groups in total. The monoisotopic (exact) mass is 242 g/mol. The first kappa shape index (κ1) is 12.2. The standard InChI is InChI=1S/C15H14O3/c1-2-18-15(17)8-7-13-9-11-5-3-4-6-12(11)10-14(13)16/h3-10,16H,2H2,1H3. The maximum Gasteiger partial charge on any atom is 0.330 e. The smallest absolute Gasteiger partial charge is 0.330 e. The molecular weight excluding hydrogens is 228 g/mol. The van der Waals surface area contributed by atoms with Crippen LogP contribution in [0.25, 0.3) is 16.8 Å². The highest BCUT2D eigenvalue weighted by molar-refractivity contribution is 5.91. The van der Waals surface area contributed by atoms with Crippen LogP contribution >= 0.6 is 0 Å². The van der Waals surface area contributed by atoms with E-state index >= 15 is 0 Å². The normalized spacial score (nSPS) is 10.9. The van der Waals surface area contributed by atoms with Crippen LogP contribution in [0.1, 0.15) is 12.5 Å². The summed E-state index contributed by atoms with van der Waals surface area (Å²) in [4.78, 5) is 11.2. The summed E-state index contributed by atoms with van der Waals surface area (Å²) in [7, 11) is 0. The lowest BCUT2D eigenvalue weighted by molar-refractivity contribution is -0.137. The fraction of sp³-hybridized carbons (Fsp3) is 0.133. The summed E-state index contributed by atoms with van der Waals surface area (Å²) < 4.78 is 4.78. The van der Waals surface area contributed by atoms with E-state index < -0.39 is 5.97 Å². The van der Waals surface area contributed by atoms with Gasteiger partial charge in [0, 0.05) is 11.6 Å². The van der Waals surface area contributed by atoms with Gasteiger partial charge in [-0.15, -0.1) is 0 Å². The largest absolute Gasteiger partial charge is 0.507 e. The number of hydrogen-bond donors (Lipinski definition) is 1. The number of phenols is 1. The van der Waals surface area contributed by atoms with Gasteiger partial charge in [-0.05, 0) is 35.9 Å². The molecule has 0 aliphatic rings. The van der Waals surface area contributed by atoms with Gasteiger partial charge in [0.1, 0.15) is 5.75 Å². The van der Waals surface area contributed by atoms with E-state index in [0.29, 0.717) is 12.2 Å². The molecule has 0 bridgehead atoms. The predicted octanol–water partition coefficient (Wildman–Crippen LogP) is 3.12. The molecule has 0 saturated heterocycles. The van der Waals surface area contributed by atoms with Crippen molar-refractivity contribution < 1.29 is 14.6 Å². The first-order valence-corrected chi connectivity index (χ1v) is 5.77. The summed E-state index contributed by atoms with van der Waals surface area (Å²) in [6, 6.07) is 11.2. The lowest BCUT2D eigenvalue weighted by Gasteiger charge is -2.03. The summed E-state index contributed by atoms with van der Waals surface area (Å²) in [6.07, 6.45) is 2.87. The van der Waals surface area contributed by atoms with Crippen molar-refractivity contribution in [3.63, 3.8) is 0 Å². The Bertz CT molecular complexity index is 600. The van der Waals surface area contributed by atoms with Crippen LogP contribution in [-0.4, -0.2) is 17.7 Å². The Kier molecular flexibility index (Phi) is 3.63. The molecule has 0 aliphatic heterocycles. The van der Waals surface area contributed by atoms with Gasteiger partial charge in [-0.1, -0.05) is 24.3 Å². The molecule has 0 saturated carbocycles. The van der Waals surface area contributed by atoms with E-state index in [1.807, 2.05) is 30.3 Å². The lowest BCUT2D eigenvalue weighted by Crippen LogP contribution is -1.98. The van der Waals surface area contributed by atoms with Crippen LogP contribution in [-0.2, 0) is 9.53 Å². The van der Waals surface area contributed by atoms with Gasteiger partial charge in [-0.2, -0.15) is 0 Å². The molecule has 2 aromatic carbocycles. The summed E-state index contributed by atoms with van der Waals surface area (Å²) >= 11 is 0. The van der Waals surface area contributed by atoms with Gasteiger partial charge in [0.15, 0.2) is 0 Å². The summed E-state index contributed by atoms with van der Waals surface area (Å²) in [5.74, 6) is -0.265. The molecule has 3 nitrogen and oxygen atoms in total. The average Bonchev–Trinajstić information content (AvgIpc) is 2.36. The second-order valence-corrected chi connectivity index (χ2v) is 3.84. The van der Waals surface area contributed by atoms with Crippen molar-refractivity contribution >= 4 is 22.8 Å². The Labute approximate surface area is 105 Å². The third-order valence-electron chi connectivity index (χ3n) is 2.58. The van der Waals surface area contributed by atoms with E-state index in [9.17, 15) is 9.90 Å². The van der Waals surface area contributed by atoms with Crippen molar-refractivity contribution in [1.29, 1.82) is 0 Å². The van der Waals surface area contributed by atoms with E-state index in [-0.39, 0.29) is 5.75 Å². The minimum Gasteiger partial charge on any atom is -0.507 e. The van der Waals surface area contributed by atoms with Crippen LogP contribution < -0.4 is 0 Å². The molecule has 0 atom stereocenters. The fourth-order valence-corrected chi connectivity index (χ4v) is 1.73. The number of fused-ring (bicyclic) bond motifs is 1. The van der Waals surface area contributed by atoms with Crippen molar-refractivity contribution in [2.45, 2.75) is 6.92 Å². The van der Waals surface area contributed by atoms with Crippen molar-refractivity contribution in [2.75, 3.05) is 6.61 Å². The van der Waals surface area contributed by atoms with Crippen LogP contribution in [0.2, 0.25) is 0 Å². The second kappa shape index (κ2) is 5.36. The van der Waals surface area contributed by atoms with Crippen molar-refractivity contribution in [3.8, 4) is 5.75 Å². The van der Waals surface area contributed by atoms with Crippen molar-refractivity contribution in [2.24, 2.45) is 0 Å². The van der Waals surface area contributed by atoms with Crippen LogP contribution in [0.4, 0.5) is 0 Å². The van der Waals surface area contributed by atoms with Gasteiger partial charge >= 0.3 is 5.97 Å². The van der Waals surface area contributed by atoms with Crippen LogP contribution in [0.15, 0.2) is 42.5 Å². The Hall–Kier alpha value is -2.29. The maximum absolute atomic E-state index is 11.2. The molecule has 0 radical (unpaired) electrons. The van der Waals surface area contributed by atoms with Gasteiger partial charge in [-0.25, -0.2) is 4.79 Å². The van der Waals surface area contributed by atoms with Crippen LogP contribution in [0.3, 0.4) is 0 Å². The molecular formula is C15H14O3. The number of rotatable bonds is 3. The zero-order valence-corrected chi connectivity index (χ0v) is 10.1. The molecule has 0 spiro atoms. The highest BCUT2D eigenvalue weighted by atomic mass is 16.5. The maximum atomic E-state index is 11.2. The molecule has 3 heteroatoms. The number of phenolic OH excluding ortho intramolecular Hbond substituents is 1. The van der Waals surface area contributed by atoms with Gasteiger partial charge in [0.25, 0.3) is 0 Å². The minimum absolute atomic E-state index is 0.147. The SMILES string of the molecule is CCOC(=O)C=Cc1cc2ccccc2cc1O. The van der Waals surface area contributed by atoms with E-state index in [0.717, 1.165) is 10.8 Å². The number of benzene rings is 2. The number of carbonyl (C=O) groups is 1. The molecule has 0 aromatic heterocycles. The number of esters is 1. The van der Waals surface area contributed by atoms with Gasteiger partial charge in [0.2, 0.25) is 0 Å². The first-order valence-electron chi connectivity index (χ1n) is 5.77. The van der Waals surface area contributed by atoms with Crippen molar-refractivity contribution in [1.82, 2.24) is 0 Å². The highest BCUT2D eigenvalue weighted by Gasteiger charge is 2.02. The zero-order valence-electron chi connectivity index (χ0n) is 10.1. The molecule has 92 valence electrons. The first-order chi connectivity index (χ1) is 8.70. The van der Waals surface area contributed by atoms with E-state index in [2.05, 4.69) is 0 Å². The molecule has 2 rings (SSSR count). The van der Waals surface area contributed by atoms with Gasteiger partial charge in [-0.3, -0.25) is 0 Å². The minimum atomic E-state index is -0.412. The molecule has 0 heterocycles. The number of carbonyl (C=O) groups excluding carboxylic acids is 1. The third kappa shape index (κ3) is 2.69. The second-order valence-electron chi connectivity index (χ2n) is 3.84. The zero-order chi connectivity index (χ0) is 13.0. The predicted molar refractivity (Wildman–Crippen MR) is 71.3 cm³/mol. The average molecular weight is 242 g/mol.